The van der Waals surface area contributed by atoms with E-state index in [0.29, 0.717) is 6.42 Å². The van der Waals surface area contributed by atoms with Gasteiger partial charge in [-0.25, -0.2) is 0 Å². The number of hydrogen-bond acceptors (Lipinski definition) is 2. The molecule has 0 aromatic heterocycles. The molecule has 1 fully saturated rings. The van der Waals surface area contributed by atoms with E-state index < -0.39 is 11.2 Å². The Morgan fingerprint density at radius 2 is 1.26 bits per heavy atom. The second-order valence-electron chi connectivity index (χ2n) is 14.1. The van der Waals surface area contributed by atoms with E-state index in [-0.39, 0.29) is 17.3 Å². The van der Waals surface area contributed by atoms with E-state index in [2.05, 4.69) is 134 Å². The second-order valence-corrected chi connectivity index (χ2v) is 14.1. The van der Waals surface area contributed by atoms with Gasteiger partial charge in [0, 0.05) is 5.92 Å². The molecular weight excluding hydrogens is 512 g/mol. The van der Waals surface area contributed by atoms with E-state index in [1.165, 1.54) is 47.1 Å². The summed E-state index contributed by atoms with van der Waals surface area (Å²) in [4.78, 5) is 0. The predicted octanol–water partition coefficient (Wildman–Crippen LogP) is 10.6. The highest BCUT2D eigenvalue weighted by atomic mass is 16.3. The Hall–Kier alpha value is -2.68. The third-order valence-electron chi connectivity index (χ3n) is 8.91. The van der Waals surface area contributed by atoms with E-state index in [1.807, 2.05) is 20.8 Å². The molecule has 2 aliphatic rings. The van der Waals surface area contributed by atoms with Gasteiger partial charge in [0.1, 0.15) is 0 Å². The molecule has 2 nitrogen and oxygen atoms in total. The summed E-state index contributed by atoms with van der Waals surface area (Å²) in [7, 11) is 0. The quantitative estimate of drug-likeness (QED) is 0.243. The molecule has 0 amide bonds. The first-order valence-corrected chi connectivity index (χ1v) is 15.8. The smallest absolute Gasteiger partial charge is 0.0686 e. The number of allylic oxidation sites excluding steroid dienone is 19. The molecule has 230 valence electrons. The van der Waals surface area contributed by atoms with Crippen LogP contribution in [0.2, 0.25) is 0 Å². The van der Waals surface area contributed by atoms with Gasteiger partial charge >= 0.3 is 0 Å². The maximum Gasteiger partial charge on any atom is 0.0686 e. The Morgan fingerprint density at radius 3 is 1.79 bits per heavy atom. The van der Waals surface area contributed by atoms with Gasteiger partial charge in [-0.2, -0.15) is 0 Å². The molecule has 0 radical (unpaired) electrons. The summed E-state index contributed by atoms with van der Waals surface area (Å²) in [5.41, 5.74) is 6.47. The molecule has 2 rings (SSSR count). The molecule has 42 heavy (non-hydrogen) atoms. The van der Waals surface area contributed by atoms with E-state index in [1.54, 1.807) is 0 Å². The van der Waals surface area contributed by atoms with Crippen LogP contribution in [0.15, 0.2) is 119 Å². The molecule has 2 heteroatoms. The highest BCUT2D eigenvalue weighted by molar-refractivity contribution is 5.37. The van der Waals surface area contributed by atoms with Crippen molar-refractivity contribution < 1.29 is 10.2 Å². The maximum absolute atomic E-state index is 10.8. The van der Waals surface area contributed by atoms with E-state index >= 15 is 0 Å². The lowest BCUT2D eigenvalue weighted by Gasteiger charge is -2.33. The van der Waals surface area contributed by atoms with Crippen LogP contribution in [0.25, 0.3) is 0 Å². The third kappa shape index (κ3) is 11.5. The summed E-state index contributed by atoms with van der Waals surface area (Å²) < 4.78 is 0. The number of rotatable bonds is 11. The Balaban J connectivity index is 1.90. The average molecular weight is 571 g/mol. The van der Waals surface area contributed by atoms with E-state index in [9.17, 15) is 10.2 Å². The van der Waals surface area contributed by atoms with Gasteiger partial charge < -0.3 is 10.2 Å². The summed E-state index contributed by atoms with van der Waals surface area (Å²) in [6, 6.07) is 0. The molecule has 1 saturated carbocycles. The normalized spacial score (nSPS) is 27.3. The van der Waals surface area contributed by atoms with E-state index in [4.69, 9.17) is 0 Å². The van der Waals surface area contributed by atoms with Crippen molar-refractivity contribution in [1.29, 1.82) is 0 Å². The van der Waals surface area contributed by atoms with Crippen molar-refractivity contribution >= 4 is 0 Å². The van der Waals surface area contributed by atoms with Gasteiger partial charge in [-0.3, -0.25) is 0 Å². The molecule has 2 N–H and O–H groups in total. The minimum atomic E-state index is -0.802. The van der Waals surface area contributed by atoms with Crippen molar-refractivity contribution in [2.24, 2.45) is 17.3 Å². The fourth-order valence-electron chi connectivity index (χ4n) is 6.18. The predicted molar refractivity (Wildman–Crippen MR) is 184 cm³/mol. The largest absolute Gasteiger partial charge is 0.390 e. The van der Waals surface area contributed by atoms with Crippen LogP contribution in [0, 0.1) is 17.3 Å². The molecule has 2 aliphatic carbocycles. The van der Waals surface area contributed by atoms with Crippen molar-refractivity contribution in [3.05, 3.63) is 119 Å². The average Bonchev–Trinajstić information content (AvgIpc) is 3.19. The van der Waals surface area contributed by atoms with Gasteiger partial charge in [-0.05, 0) is 104 Å². The van der Waals surface area contributed by atoms with Crippen molar-refractivity contribution in [2.45, 2.75) is 113 Å². The summed E-state index contributed by atoms with van der Waals surface area (Å²) in [5, 5.41) is 21.4. The zero-order valence-corrected chi connectivity index (χ0v) is 28.2. The van der Waals surface area contributed by atoms with Crippen molar-refractivity contribution in [3.8, 4) is 0 Å². The summed E-state index contributed by atoms with van der Waals surface area (Å²) in [5.74, 6) is 0.00197. The minimum Gasteiger partial charge on any atom is -0.390 e. The molecule has 0 aliphatic heterocycles. The molecule has 0 saturated heterocycles. The molecule has 0 aromatic rings. The highest BCUT2D eigenvalue weighted by Crippen LogP contribution is 2.46. The van der Waals surface area contributed by atoms with Crippen LogP contribution in [0.1, 0.15) is 101 Å². The molecule has 0 bridgehead atoms. The lowest BCUT2D eigenvalue weighted by Crippen LogP contribution is -2.39. The summed E-state index contributed by atoms with van der Waals surface area (Å²) in [6.07, 6.45) is 35.1. The van der Waals surface area contributed by atoms with Crippen LogP contribution >= 0.6 is 0 Å². The maximum atomic E-state index is 10.8. The number of aliphatic hydroxyl groups is 2. The number of hydrogen-bond donors (Lipinski definition) is 2. The molecular formula is C40H58O2. The molecule has 0 spiro atoms. The first-order chi connectivity index (χ1) is 19.5. The Labute approximate surface area is 258 Å². The van der Waals surface area contributed by atoms with Crippen LogP contribution in [-0.4, -0.2) is 21.4 Å². The van der Waals surface area contributed by atoms with Gasteiger partial charge in [0.25, 0.3) is 0 Å². The van der Waals surface area contributed by atoms with Gasteiger partial charge in [-0.15, -0.1) is 0 Å². The molecule has 0 aromatic carbocycles. The SMILES string of the molecule is CC1=C(/C=C/C(C)=C/C=C/C(C)=C/C=C/C=C(C)/C=C/C=C(C)/C=C/[C@H]2C(C(C)(C)O)CC[C@]2(C)O)C(C)(C)CCC1. The third-order valence-corrected chi connectivity index (χ3v) is 8.91. The minimum absolute atomic E-state index is 0.0547. The summed E-state index contributed by atoms with van der Waals surface area (Å²) >= 11 is 0. The fourth-order valence-corrected chi connectivity index (χ4v) is 6.18. The van der Waals surface area contributed by atoms with Crippen LogP contribution in [0.4, 0.5) is 0 Å². The van der Waals surface area contributed by atoms with Gasteiger partial charge in [0.15, 0.2) is 0 Å². The zero-order valence-electron chi connectivity index (χ0n) is 28.2. The monoisotopic (exact) mass is 570 g/mol. The lowest BCUT2D eigenvalue weighted by atomic mass is 9.72. The van der Waals surface area contributed by atoms with Crippen LogP contribution in [0.3, 0.4) is 0 Å². The van der Waals surface area contributed by atoms with Crippen molar-refractivity contribution in [3.63, 3.8) is 0 Å². The molecule has 3 atom stereocenters. The standard InChI is InChI=1S/C40H58O2/c1-30(18-13-20-32(3)23-25-35-34(5)22-15-28-38(35,6)7)16-11-12-17-31(2)19-14-21-33(4)24-26-37-36(39(8,9)41)27-29-40(37,10)42/h11-14,16-21,23-26,36-37,41-42H,15,22,27-29H2,1-10H3/b12-11+,18-13+,19-14+,25-23+,26-24+,30-16+,31-17+,32-20+,33-21+/t36?,37-,40-/m0/s1. The molecule has 1 unspecified atom stereocenters. The molecule has 0 heterocycles. The fraction of sp³-hybridized carbons (Fsp3) is 0.500. The Morgan fingerprint density at radius 1 is 0.762 bits per heavy atom. The first-order valence-electron chi connectivity index (χ1n) is 15.8. The topological polar surface area (TPSA) is 40.5 Å². The summed E-state index contributed by atoms with van der Waals surface area (Å²) in [6.45, 7) is 21.0. The van der Waals surface area contributed by atoms with Crippen LogP contribution < -0.4 is 0 Å². The Bertz CT molecular complexity index is 1220. The lowest BCUT2D eigenvalue weighted by molar-refractivity contribution is -0.0294. The van der Waals surface area contributed by atoms with Gasteiger partial charge in [0.05, 0.1) is 11.2 Å². The Kier molecular flexibility index (Phi) is 13.3. The van der Waals surface area contributed by atoms with Crippen LogP contribution in [-0.2, 0) is 0 Å². The second kappa shape index (κ2) is 15.7. The van der Waals surface area contributed by atoms with Crippen LogP contribution in [0.5, 0.6) is 0 Å². The first kappa shape index (κ1) is 35.5. The highest BCUT2D eigenvalue weighted by Gasteiger charge is 2.47. The van der Waals surface area contributed by atoms with Crippen molar-refractivity contribution in [1.82, 2.24) is 0 Å². The zero-order chi connectivity index (χ0) is 31.6. The van der Waals surface area contributed by atoms with Gasteiger partial charge in [-0.1, -0.05) is 127 Å². The van der Waals surface area contributed by atoms with Crippen molar-refractivity contribution in [2.75, 3.05) is 0 Å². The van der Waals surface area contributed by atoms with Gasteiger partial charge in [0.2, 0.25) is 0 Å². The van der Waals surface area contributed by atoms with E-state index in [0.717, 1.165) is 12.0 Å².